The number of aryl methyl sites for hydroxylation is 2. The number of thioether (sulfide) groups is 1. The fraction of sp³-hybridized carbons (Fsp3) is 0.211. The van der Waals surface area contributed by atoms with Crippen LogP contribution in [0.25, 0.3) is 5.69 Å². The highest BCUT2D eigenvalue weighted by Gasteiger charge is 2.14. The number of nitrogens with one attached hydrogen (secondary N) is 2. The van der Waals surface area contributed by atoms with Crippen LogP contribution in [-0.4, -0.2) is 37.9 Å². The number of urea groups is 1. The molecule has 0 aliphatic heterocycles. The number of aromatic nitrogens is 4. The molecule has 0 fully saturated rings. The quantitative estimate of drug-likeness (QED) is 0.621. The van der Waals surface area contributed by atoms with Crippen molar-refractivity contribution >= 4 is 23.7 Å². The van der Waals surface area contributed by atoms with Gasteiger partial charge in [0.05, 0.1) is 11.4 Å². The maximum absolute atomic E-state index is 12.1. The fourth-order valence-electron chi connectivity index (χ4n) is 2.48. The van der Waals surface area contributed by atoms with Gasteiger partial charge >= 0.3 is 6.03 Å². The van der Waals surface area contributed by atoms with Gasteiger partial charge in [0.2, 0.25) is 11.1 Å². The summed E-state index contributed by atoms with van der Waals surface area (Å²) in [5, 5.41) is 17.1. The first-order valence-electron chi connectivity index (χ1n) is 8.63. The standard InChI is InChI=1S/C19H20N6O2S/c1-13-8-9-14(2)16(10-13)25-19(22-23-24-25)28-12-17(26)21-18(27)20-11-15-6-4-3-5-7-15/h3-10H,11-12H2,1-2H3,(H2,20,21,26,27). The SMILES string of the molecule is Cc1ccc(C)c(-n2nnnc2SCC(=O)NC(=O)NCc2ccccc2)c1. The van der Waals surface area contributed by atoms with Gasteiger partial charge in [0.15, 0.2) is 0 Å². The molecule has 0 radical (unpaired) electrons. The Balaban J connectivity index is 1.53. The molecule has 1 heterocycles. The van der Waals surface area contributed by atoms with Crippen LogP contribution in [0.4, 0.5) is 4.79 Å². The Morgan fingerprint density at radius 2 is 1.89 bits per heavy atom. The second kappa shape index (κ2) is 9.14. The second-order valence-corrected chi connectivity index (χ2v) is 7.11. The Bertz CT molecular complexity index is 974. The van der Waals surface area contributed by atoms with Crippen LogP contribution in [0.2, 0.25) is 0 Å². The van der Waals surface area contributed by atoms with Crippen LogP contribution >= 0.6 is 11.8 Å². The predicted molar refractivity (Wildman–Crippen MR) is 106 cm³/mol. The molecule has 8 nitrogen and oxygen atoms in total. The van der Waals surface area contributed by atoms with Gasteiger partial charge in [0.25, 0.3) is 0 Å². The van der Waals surface area contributed by atoms with Crippen LogP contribution in [0.5, 0.6) is 0 Å². The average Bonchev–Trinajstić information content (AvgIpc) is 3.16. The van der Waals surface area contributed by atoms with Crippen molar-refractivity contribution in [3.63, 3.8) is 0 Å². The zero-order valence-corrected chi connectivity index (χ0v) is 16.4. The number of tetrazole rings is 1. The van der Waals surface area contributed by atoms with E-state index < -0.39 is 11.9 Å². The molecule has 9 heteroatoms. The smallest absolute Gasteiger partial charge is 0.321 e. The van der Waals surface area contributed by atoms with E-state index in [4.69, 9.17) is 0 Å². The lowest BCUT2D eigenvalue weighted by Crippen LogP contribution is -2.40. The molecule has 0 spiro atoms. The van der Waals surface area contributed by atoms with Crippen molar-refractivity contribution in [3.8, 4) is 5.69 Å². The maximum atomic E-state index is 12.1. The van der Waals surface area contributed by atoms with E-state index >= 15 is 0 Å². The first-order chi connectivity index (χ1) is 13.5. The van der Waals surface area contributed by atoms with Crippen LogP contribution in [0.3, 0.4) is 0 Å². The lowest BCUT2D eigenvalue weighted by Gasteiger charge is -2.09. The molecule has 0 aliphatic carbocycles. The van der Waals surface area contributed by atoms with Gasteiger partial charge in [-0.3, -0.25) is 10.1 Å². The van der Waals surface area contributed by atoms with Crippen LogP contribution in [0, 0.1) is 13.8 Å². The van der Waals surface area contributed by atoms with Crippen molar-refractivity contribution in [2.45, 2.75) is 25.5 Å². The molecule has 0 atom stereocenters. The first kappa shape index (κ1) is 19.6. The Labute approximate surface area is 166 Å². The Kier molecular flexibility index (Phi) is 6.38. The molecule has 0 bridgehead atoms. The van der Waals surface area contributed by atoms with E-state index in [0.29, 0.717) is 11.7 Å². The number of carbonyl (C=O) groups is 2. The van der Waals surface area contributed by atoms with Crippen LogP contribution < -0.4 is 10.6 Å². The lowest BCUT2D eigenvalue weighted by molar-refractivity contribution is -0.117. The Morgan fingerprint density at radius 3 is 2.68 bits per heavy atom. The Morgan fingerprint density at radius 1 is 1.11 bits per heavy atom. The molecule has 1 aromatic heterocycles. The number of hydrogen-bond donors (Lipinski definition) is 2. The topological polar surface area (TPSA) is 102 Å². The van der Waals surface area contributed by atoms with E-state index in [1.165, 1.54) is 0 Å². The summed E-state index contributed by atoms with van der Waals surface area (Å²) in [6.45, 7) is 4.30. The molecule has 0 unspecified atom stereocenters. The van der Waals surface area contributed by atoms with Crippen molar-refractivity contribution in [3.05, 3.63) is 65.2 Å². The summed E-state index contributed by atoms with van der Waals surface area (Å²) in [6, 6.07) is 14.9. The number of hydrogen-bond acceptors (Lipinski definition) is 6. The zero-order chi connectivity index (χ0) is 19.9. The largest absolute Gasteiger partial charge is 0.334 e. The molecule has 0 saturated carbocycles. The minimum atomic E-state index is -0.538. The summed E-state index contributed by atoms with van der Waals surface area (Å²) >= 11 is 1.16. The molecule has 3 rings (SSSR count). The molecule has 3 amide bonds. The van der Waals surface area contributed by atoms with Gasteiger partial charge in [-0.2, -0.15) is 4.68 Å². The molecule has 144 valence electrons. The summed E-state index contributed by atoms with van der Waals surface area (Å²) in [6.07, 6.45) is 0. The predicted octanol–water partition coefficient (Wildman–Crippen LogP) is 2.40. The second-order valence-electron chi connectivity index (χ2n) is 6.17. The average molecular weight is 396 g/mol. The molecule has 0 saturated heterocycles. The van der Waals surface area contributed by atoms with E-state index in [1.807, 2.05) is 62.4 Å². The minimum Gasteiger partial charge on any atom is -0.334 e. The number of rotatable bonds is 6. The summed E-state index contributed by atoms with van der Waals surface area (Å²) in [4.78, 5) is 23.9. The normalized spacial score (nSPS) is 10.5. The van der Waals surface area contributed by atoms with Gasteiger partial charge in [-0.15, -0.1) is 5.10 Å². The van der Waals surface area contributed by atoms with E-state index in [2.05, 4.69) is 26.2 Å². The van der Waals surface area contributed by atoms with Gasteiger partial charge in [0.1, 0.15) is 0 Å². The van der Waals surface area contributed by atoms with Crippen LogP contribution in [0.1, 0.15) is 16.7 Å². The third-order valence-corrected chi connectivity index (χ3v) is 4.83. The molecular weight excluding hydrogens is 376 g/mol. The highest BCUT2D eigenvalue weighted by Crippen LogP contribution is 2.21. The monoisotopic (exact) mass is 396 g/mol. The number of nitrogens with zero attached hydrogens (tertiary/aromatic N) is 4. The molecular formula is C19H20N6O2S. The number of amides is 3. The number of carbonyl (C=O) groups excluding carboxylic acids is 2. The van der Waals surface area contributed by atoms with Gasteiger partial charge in [-0.05, 0) is 47.0 Å². The van der Waals surface area contributed by atoms with Gasteiger partial charge < -0.3 is 5.32 Å². The van der Waals surface area contributed by atoms with Crippen molar-refractivity contribution in [1.29, 1.82) is 0 Å². The van der Waals surface area contributed by atoms with Crippen molar-refractivity contribution in [2.24, 2.45) is 0 Å². The highest BCUT2D eigenvalue weighted by molar-refractivity contribution is 7.99. The van der Waals surface area contributed by atoms with Gasteiger partial charge in [-0.25, -0.2) is 4.79 Å². The third kappa shape index (κ3) is 5.17. The Hall–Kier alpha value is -3.20. The molecule has 0 aliphatic rings. The van der Waals surface area contributed by atoms with Crippen molar-refractivity contribution in [2.75, 3.05) is 5.75 Å². The summed E-state index contributed by atoms with van der Waals surface area (Å²) in [5.74, 6) is -0.407. The van der Waals surface area contributed by atoms with Crippen molar-refractivity contribution in [1.82, 2.24) is 30.8 Å². The van der Waals surface area contributed by atoms with E-state index in [1.54, 1.807) is 4.68 Å². The molecule has 3 aromatic rings. The fourth-order valence-corrected chi connectivity index (χ4v) is 3.17. The number of imide groups is 1. The summed E-state index contributed by atoms with van der Waals surface area (Å²) in [5.41, 5.74) is 3.91. The van der Waals surface area contributed by atoms with E-state index in [-0.39, 0.29) is 5.75 Å². The zero-order valence-electron chi connectivity index (χ0n) is 15.5. The van der Waals surface area contributed by atoms with Gasteiger partial charge in [-0.1, -0.05) is 54.2 Å². The van der Waals surface area contributed by atoms with E-state index in [9.17, 15) is 9.59 Å². The van der Waals surface area contributed by atoms with E-state index in [0.717, 1.165) is 34.1 Å². The summed E-state index contributed by atoms with van der Waals surface area (Å²) < 4.78 is 1.59. The summed E-state index contributed by atoms with van der Waals surface area (Å²) in [7, 11) is 0. The van der Waals surface area contributed by atoms with Crippen LogP contribution in [-0.2, 0) is 11.3 Å². The highest BCUT2D eigenvalue weighted by atomic mass is 32.2. The first-order valence-corrected chi connectivity index (χ1v) is 9.62. The molecule has 2 N–H and O–H groups in total. The minimum absolute atomic E-state index is 0.0179. The van der Waals surface area contributed by atoms with Gasteiger partial charge in [0, 0.05) is 6.54 Å². The lowest BCUT2D eigenvalue weighted by atomic mass is 10.1. The number of benzene rings is 2. The van der Waals surface area contributed by atoms with Crippen molar-refractivity contribution < 1.29 is 9.59 Å². The van der Waals surface area contributed by atoms with Crippen LogP contribution in [0.15, 0.2) is 53.7 Å². The molecule has 28 heavy (non-hydrogen) atoms. The molecule has 2 aromatic carbocycles. The maximum Gasteiger partial charge on any atom is 0.321 e. The third-order valence-electron chi connectivity index (χ3n) is 3.91.